The second kappa shape index (κ2) is 8.14. The number of likely N-dealkylation sites (tertiary alicyclic amines) is 1. The van der Waals surface area contributed by atoms with Crippen LogP contribution in [0.4, 0.5) is 0 Å². The molecule has 134 valence electrons. The Hall–Kier alpha value is -2.37. The van der Waals surface area contributed by atoms with Gasteiger partial charge in [0.15, 0.2) is 11.8 Å². The van der Waals surface area contributed by atoms with Crippen molar-refractivity contribution in [1.82, 2.24) is 25.0 Å². The van der Waals surface area contributed by atoms with E-state index in [1.165, 1.54) is 12.0 Å². The zero-order valence-corrected chi connectivity index (χ0v) is 15.4. The van der Waals surface area contributed by atoms with Crippen LogP contribution >= 0.6 is 0 Å². The van der Waals surface area contributed by atoms with Gasteiger partial charge in [0.05, 0.1) is 0 Å². The maximum Gasteiger partial charge on any atom is 0.194 e. The summed E-state index contributed by atoms with van der Waals surface area (Å²) in [6, 6.07) is 10.8. The SMILES string of the molecule is CCNC(=NCc1nnc(C)n1C)N1CCC(Cc2ccccc2)C1. The lowest BCUT2D eigenvalue weighted by molar-refractivity contribution is 0.459. The van der Waals surface area contributed by atoms with Crippen molar-refractivity contribution in [1.29, 1.82) is 0 Å². The van der Waals surface area contributed by atoms with Crippen LogP contribution in [0.5, 0.6) is 0 Å². The van der Waals surface area contributed by atoms with E-state index in [0.29, 0.717) is 12.5 Å². The van der Waals surface area contributed by atoms with Crippen LogP contribution in [0.15, 0.2) is 35.3 Å². The second-order valence-electron chi connectivity index (χ2n) is 6.68. The molecule has 1 aliphatic heterocycles. The van der Waals surface area contributed by atoms with Crippen LogP contribution in [0.3, 0.4) is 0 Å². The van der Waals surface area contributed by atoms with Crippen LogP contribution in [-0.4, -0.2) is 45.3 Å². The number of hydrogen-bond donors (Lipinski definition) is 1. The molecule has 0 amide bonds. The van der Waals surface area contributed by atoms with E-state index < -0.39 is 0 Å². The van der Waals surface area contributed by atoms with Gasteiger partial charge in [0.25, 0.3) is 0 Å². The Morgan fingerprint density at radius 3 is 2.76 bits per heavy atom. The molecule has 0 aliphatic carbocycles. The van der Waals surface area contributed by atoms with E-state index in [-0.39, 0.29) is 0 Å². The van der Waals surface area contributed by atoms with Gasteiger partial charge in [-0.3, -0.25) is 0 Å². The quantitative estimate of drug-likeness (QED) is 0.669. The van der Waals surface area contributed by atoms with Crippen molar-refractivity contribution in [2.45, 2.75) is 33.2 Å². The Morgan fingerprint density at radius 2 is 2.08 bits per heavy atom. The molecule has 0 saturated carbocycles. The van der Waals surface area contributed by atoms with Crippen LogP contribution in [-0.2, 0) is 20.0 Å². The highest BCUT2D eigenvalue weighted by Crippen LogP contribution is 2.21. The summed E-state index contributed by atoms with van der Waals surface area (Å²) in [4.78, 5) is 7.16. The fraction of sp³-hybridized carbons (Fsp3) is 0.526. The fourth-order valence-corrected chi connectivity index (χ4v) is 3.30. The number of aromatic nitrogens is 3. The molecule has 1 unspecified atom stereocenters. The van der Waals surface area contributed by atoms with Crippen molar-refractivity contribution in [2.75, 3.05) is 19.6 Å². The highest BCUT2D eigenvalue weighted by Gasteiger charge is 2.25. The van der Waals surface area contributed by atoms with E-state index >= 15 is 0 Å². The molecule has 2 aromatic rings. The standard InChI is InChI=1S/C19H28N6/c1-4-20-19(21-13-18-23-22-15(2)24(18)3)25-11-10-17(14-25)12-16-8-6-5-7-9-16/h5-9,17H,4,10-14H2,1-3H3,(H,20,21). The van der Waals surface area contributed by atoms with Crippen molar-refractivity contribution < 1.29 is 0 Å². The number of aryl methyl sites for hydroxylation is 1. The molecule has 6 nitrogen and oxygen atoms in total. The summed E-state index contributed by atoms with van der Waals surface area (Å²) in [5, 5.41) is 11.7. The molecule has 6 heteroatoms. The predicted molar refractivity (Wildman–Crippen MR) is 100 cm³/mol. The minimum Gasteiger partial charge on any atom is -0.357 e. The van der Waals surface area contributed by atoms with E-state index in [4.69, 9.17) is 4.99 Å². The van der Waals surface area contributed by atoms with Gasteiger partial charge >= 0.3 is 0 Å². The maximum atomic E-state index is 4.79. The number of guanidine groups is 1. The first kappa shape index (κ1) is 17.5. The number of nitrogens with one attached hydrogen (secondary N) is 1. The van der Waals surface area contributed by atoms with Gasteiger partial charge in [-0.05, 0) is 38.2 Å². The summed E-state index contributed by atoms with van der Waals surface area (Å²) in [7, 11) is 1.98. The smallest absolute Gasteiger partial charge is 0.194 e. The third-order valence-electron chi connectivity index (χ3n) is 4.84. The van der Waals surface area contributed by atoms with Gasteiger partial charge in [-0.1, -0.05) is 30.3 Å². The van der Waals surface area contributed by atoms with Crippen LogP contribution in [0, 0.1) is 12.8 Å². The Labute approximate surface area is 150 Å². The first-order valence-electron chi connectivity index (χ1n) is 9.09. The number of nitrogens with zero attached hydrogens (tertiary/aromatic N) is 5. The molecule has 1 aromatic carbocycles. The minimum absolute atomic E-state index is 0.555. The fourth-order valence-electron chi connectivity index (χ4n) is 3.30. The molecule has 0 bridgehead atoms. The predicted octanol–water partition coefficient (Wildman–Crippen LogP) is 2.15. The van der Waals surface area contributed by atoms with Crippen LogP contribution in [0.2, 0.25) is 0 Å². The molecule has 1 aliphatic rings. The summed E-state index contributed by atoms with van der Waals surface area (Å²) in [5.41, 5.74) is 1.42. The third-order valence-corrected chi connectivity index (χ3v) is 4.84. The van der Waals surface area contributed by atoms with Gasteiger partial charge in [-0.15, -0.1) is 10.2 Å². The summed E-state index contributed by atoms with van der Waals surface area (Å²) in [6.07, 6.45) is 2.35. The Balaban J connectivity index is 1.62. The van der Waals surface area contributed by atoms with E-state index in [2.05, 4.69) is 57.7 Å². The van der Waals surface area contributed by atoms with Crippen molar-refractivity contribution in [3.8, 4) is 0 Å². The van der Waals surface area contributed by atoms with Gasteiger partial charge in [0.1, 0.15) is 12.4 Å². The molecule has 1 aromatic heterocycles. The minimum atomic E-state index is 0.555. The first-order chi connectivity index (χ1) is 12.2. The molecule has 0 spiro atoms. The average molecular weight is 340 g/mol. The van der Waals surface area contributed by atoms with Crippen LogP contribution in [0.1, 0.15) is 30.6 Å². The van der Waals surface area contributed by atoms with Crippen molar-refractivity contribution in [2.24, 2.45) is 18.0 Å². The summed E-state index contributed by atoms with van der Waals surface area (Å²) < 4.78 is 2.00. The van der Waals surface area contributed by atoms with Crippen molar-refractivity contribution in [3.63, 3.8) is 0 Å². The van der Waals surface area contributed by atoms with Crippen LogP contribution in [0.25, 0.3) is 0 Å². The molecule has 2 heterocycles. The average Bonchev–Trinajstić information content (AvgIpc) is 3.21. The first-order valence-corrected chi connectivity index (χ1v) is 9.09. The Morgan fingerprint density at radius 1 is 1.28 bits per heavy atom. The Kier molecular flexibility index (Phi) is 5.68. The van der Waals surface area contributed by atoms with Gasteiger partial charge in [-0.2, -0.15) is 0 Å². The molecule has 1 atom stereocenters. The molecule has 25 heavy (non-hydrogen) atoms. The molecular formula is C19H28N6. The number of aliphatic imine (C=N–C) groups is 1. The third kappa shape index (κ3) is 4.38. The maximum absolute atomic E-state index is 4.79. The van der Waals surface area contributed by atoms with E-state index in [1.807, 2.05) is 18.5 Å². The highest BCUT2D eigenvalue weighted by molar-refractivity contribution is 5.80. The Bertz CT molecular complexity index is 706. The lowest BCUT2D eigenvalue weighted by Gasteiger charge is -2.21. The molecule has 1 N–H and O–H groups in total. The highest BCUT2D eigenvalue weighted by atomic mass is 15.3. The van der Waals surface area contributed by atoms with Crippen molar-refractivity contribution >= 4 is 5.96 Å². The molecule has 0 radical (unpaired) electrons. The van der Waals surface area contributed by atoms with Gasteiger partial charge in [0, 0.05) is 26.7 Å². The number of rotatable bonds is 5. The van der Waals surface area contributed by atoms with Gasteiger partial charge in [-0.25, -0.2) is 4.99 Å². The lowest BCUT2D eigenvalue weighted by atomic mass is 9.99. The van der Waals surface area contributed by atoms with Crippen LogP contribution < -0.4 is 5.32 Å². The van der Waals surface area contributed by atoms with Crippen molar-refractivity contribution in [3.05, 3.63) is 47.5 Å². The summed E-state index contributed by atoms with van der Waals surface area (Å²) in [6.45, 7) is 7.61. The second-order valence-corrected chi connectivity index (χ2v) is 6.68. The van der Waals surface area contributed by atoms with E-state index in [0.717, 1.165) is 43.7 Å². The molecular weight excluding hydrogens is 312 g/mol. The largest absolute Gasteiger partial charge is 0.357 e. The lowest BCUT2D eigenvalue weighted by Crippen LogP contribution is -2.40. The number of hydrogen-bond acceptors (Lipinski definition) is 3. The molecule has 3 rings (SSSR count). The van der Waals surface area contributed by atoms with Gasteiger partial charge < -0.3 is 14.8 Å². The zero-order valence-electron chi connectivity index (χ0n) is 15.4. The molecule has 1 saturated heterocycles. The molecule has 1 fully saturated rings. The number of benzene rings is 1. The summed E-state index contributed by atoms with van der Waals surface area (Å²) in [5.74, 6) is 3.48. The normalized spacial score (nSPS) is 18.0. The van der Waals surface area contributed by atoms with E-state index in [9.17, 15) is 0 Å². The van der Waals surface area contributed by atoms with E-state index in [1.54, 1.807) is 0 Å². The summed E-state index contributed by atoms with van der Waals surface area (Å²) >= 11 is 0. The topological polar surface area (TPSA) is 58.3 Å². The van der Waals surface area contributed by atoms with Gasteiger partial charge in [0.2, 0.25) is 0 Å². The monoisotopic (exact) mass is 340 g/mol. The zero-order chi connectivity index (χ0) is 17.6.